The van der Waals surface area contributed by atoms with E-state index in [4.69, 9.17) is 0 Å². The second-order valence-corrected chi connectivity index (χ2v) is 8.37. The predicted molar refractivity (Wildman–Crippen MR) is 131 cm³/mol. The Morgan fingerprint density at radius 1 is 0.794 bits per heavy atom. The smallest absolute Gasteiger partial charge is 0.314 e. The molecule has 0 spiro atoms. The summed E-state index contributed by atoms with van der Waals surface area (Å²) in [5, 5.41) is 0.904. The Hall–Kier alpha value is -4.47. The van der Waals surface area contributed by atoms with Crippen LogP contribution in [0.3, 0.4) is 0 Å². The van der Waals surface area contributed by atoms with Gasteiger partial charge in [0.25, 0.3) is 0 Å². The molecule has 0 atom stereocenters. The zero-order valence-corrected chi connectivity index (χ0v) is 18.7. The van der Waals surface area contributed by atoms with Crippen LogP contribution in [0.15, 0.2) is 61.8 Å². The topological polar surface area (TPSA) is 139 Å². The third-order valence-corrected chi connectivity index (χ3v) is 6.18. The summed E-state index contributed by atoms with van der Waals surface area (Å²) >= 11 is 0. The van der Waals surface area contributed by atoms with Gasteiger partial charge >= 0.3 is 22.2 Å². The molecule has 10 nitrogen and oxygen atoms in total. The van der Waals surface area contributed by atoms with Gasteiger partial charge in [-0.1, -0.05) is 0 Å². The van der Waals surface area contributed by atoms with Crippen LogP contribution in [-0.2, 0) is 13.5 Å². The third-order valence-electron chi connectivity index (χ3n) is 6.18. The first-order valence-electron chi connectivity index (χ1n) is 10.9. The maximum atomic E-state index is 11.4. The van der Waals surface area contributed by atoms with Crippen molar-refractivity contribution >= 4 is 38.7 Å². The summed E-state index contributed by atoms with van der Waals surface area (Å²) in [5.74, 6) is 0. The molecule has 10 heteroatoms. The van der Waals surface area contributed by atoms with E-state index in [0.717, 1.165) is 47.1 Å². The summed E-state index contributed by atoms with van der Waals surface area (Å²) in [7, 11) is 3.96. The third kappa shape index (κ3) is 3.58. The minimum Gasteiger partial charge on any atom is -0.374 e. The normalized spacial score (nSPS) is 13.1. The van der Waals surface area contributed by atoms with E-state index < -0.39 is 22.2 Å². The number of benzene rings is 2. The molecule has 172 valence electrons. The molecule has 0 bridgehead atoms. The fraction of sp³-hybridized carbons (Fsp3) is 0.208. The number of fused-ring (bicyclic) bond motifs is 6. The summed E-state index contributed by atoms with van der Waals surface area (Å²) in [6.07, 6.45) is 3.92. The molecule has 6 rings (SSSR count). The maximum Gasteiger partial charge on any atom is 0.314 e. The molecule has 0 saturated carbocycles. The van der Waals surface area contributed by atoms with E-state index >= 15 is 0 Å². The molecule has 0 radical (unpaired) electrons. The second kappa shape index (κ2) is 8.14. The number of aryl methyl sites for hydroxylation is 2. The molecule has 0 aliphatic carbocycles. The molecule has 3 aromatic heterocycles. The molecule has 4 heterocycles. The Labute approximate surface area is 191 Å². The van der Waals surface area contributed by atoms with Crippen molar-refractivity contribution in [1.82, 2.24) is 19.9 Å². The Bertz CT molecular complexity index is 1810. The van der Waals surface area contributed by atoms with Gasteiger partial charge in [-0.3, -0.25) is 19.2 Å². The van der Waals surface area contributed by atoms with Crippen molar-refractivity contribution in [1.29, 1.82) is 0 Å². The van der Waals surface area contributed by atoms with E-state index in [1.54, 1.807) is 6.07 Å². The average Bonchev–Trinajstić information content (AvgIpc) is 2.82. The van der Waals surface area contributed by atoms with E-state index in [1.165, 1.54) is 0 Å². The highest BCUT2D eigenvalue weighted by molar-refractivity contribution is 6.00. The highest BCUT2D eigenvalue weighted by Crippen LogP contribution is 2.30. The Morgan fingerprint density at radius 2 is 1.41 bits per heavy atom. The lowest BCUT2D eigenvalue weighted by atomic mass is 10.0. The number of H-pyrrole nitrogens is 4. The molecular weight excluding hydrogens is 436 g/mol. The summed E-state index contributed by atoms with van der Waals surface area (Å²) in [4.78, 5) is 57.9. The molecule has 1 aliphatic rings. The molecule has 0 unspecified atom stereocenters. The van der Waals surface area contributed by atoms with Gasteiger partial charge in [0.05, 0.1) is 27.5 Å². The molecule has 5 aromatic rings. The lowest BCUT2D eigenvalue weighted by Gasteiger charge is -2.28. The van der Waals surface area contributed by atoms with E-state index in [0.29, 0.717) is 16.6 Å². The molecule has 4 N–H and O–H groups in total. The molecule has 34 heavy (non-hydrogen) atoms. The summed E-state index contributed by atoms with van der Waals surface area (Å²) in [6.45, 7) is 1.02. The van der Waals surface area contributed by atoms with Crippen LogP contribution < -0.4 is 31.7 Å². The van der Waals surface area contributed by atoms with Crippen LogP contribution in [-0.4, -0.2) is 33.5 Å². The van der Waals surface area contributed by atoms with Gasteiger partial charge < -0.3 is 24.8 Å². The van der Waals surface area contributed by atoms with Crippen LogP contribution >= 0.6 is 0 Å². The first-order chi connectivity index (χ1) is 16.3. The number of nitrogens with zero attached hydrogens (tertiary/aromatic N) is 2. The standard InChI is InChI=1S/C12H13N3O2.C12H9N3O2/c2*1-15-6-2-3-7-9(15)5-4-8-10(7)14-12(17)11(16)13-8/h4-5H,2-3,6H2,1H3,(H,13,16)(H,14,17);2-6H,1H3,(H,13,16)/p+1. The molecular formula is C24H23N6O4+. The van der Waals surface area contributed by atoms with Crippen LogP contribution in [0.4, 0.5) is 5.69 Å². The maximum absolute atomic E-state index is 11.4. The molecule has 0 amide bonds. The van der Waals surface area contributed by atoms with E-state index in [1.807, 2.05) is 55.2 Å². The summed E-state index contributed by atoms with van der Waals surface area (Å²) < 4.78 is 1.96. The van der Waals surface area contributed by atoms with Gasteiger partial charge in [-0.05, 0) is 37.1 Å². The second-order valence-electron chi connectivity index (χ2n) is 8.37. The zero-order valence-electron chi connectivity index (χ0n) is 18.7. The molecule has 0 saturated heterocycles. The lowest BCUT2D eigenvalue weighted by molar-refractivity contribution is -0.644. The summed E-state index contributed by atoms with van der Waals surface area (Å²) in [6, 6.07) is 11.3. The molecule has 1 aliphatic heterocycles. The lowest BCUT2D eigenvalue weighted by Crippen LogP contribution is -2.30. The Morgan fingerprint density at radius 3 is 2.15 bits per heavy atom. The van der Waals surface area contributed by atoms with Crippen molar-refractivity contribution in [3.05, 3.63) is 89.6 Å². The van der Waals surface area contributed by atoms with Crippen molar-refractivity contribution in [2.45, 2.75) is 12.8 Å². The number of anilines is 1. The Balaban J connectivity index is 0.000000142. The van der Waals surface area contributed by atoms with Gasteiger partial charge in [0.15, 0.2) is 6.20 Å². The van der Waals surface area contributed by atoms with Gasteiger partial charge in [-0.15, -0.1) is 0 Å². The van der Waals surface area contributed by atoms with Gasteiger partial charge in [0.2, 0.25) is 5.52 Å². The SMILES string of the molecule is CN1CCCc2c1ccc1[nH]c(=O)c(=O)[nH]c21.C[n+]1cccc2c3[nH]c(=O)c(=O)[nH]c3ccc21. The van der Waals surface area contributed by atoms with Crippen LogP contribution in [0.5, 0.6) is 0 Å². The molecule has 2 aromatic carbocycles. The van der Waals surface area contributed by atoms with Crippen molar-refractivity contribution in [3.63, 3.8) is 0 Å². The predicted octanol–water partition coefficient (Wildman–Crippen LogP) is 0.793. The number of hydrogen-bond acceptors (Lipinski definition) is 5. The number of hydrogen-bond donors (Lipinski definition) is 4. The number of nitrogens with one attached hydrogen (secondary N) is 4. The fourth-order valence-electron chi connectivity index (χ4n) is 4.48. The van der Waals surface area contributed by atoms with Gasteiger partial charge in [-0.2, -0.15) is 0 Å². The quantitative estimate of drug-likeness (QED) is 0.154. The fourth-order valence-corrected chi connectivity index (χ4v) is 4.48. The number of rotatable bonds is 0. The van der Waals surface area contributed by atoms with Gasteiger partial charge in [0.1, 0.15) is 7.05 Å². The van der Waals surface area contributed by atoms with Crippen molar-refractivity contribution < 1.29 is 4.57 Å². The summed E-state index contributed by atoms with van der Waals surface area (Å²) in [5.41, 5.74) is 3.55. The monoisotopic (exact) mass is 459 g/mol. The number of aromatic nitrogens is 5. The first kappa shape index (κ1) is 21.4. The van der Waals surface area contributed by atoms with Crippen molar-refractivity contribution in [3.8, 4) is 0 Å². The largest absolute Gasteiger partial charge is 0.374 e. The van der Waals surface area contributed by atoms with E-state index in [9.17, 15) is 19.2 Å². The van der Waals surface area contributed by atoms with Crippen LogP contribution in [0.1, 0.15) is 12.0 Å². The van der Waals surface area contributed by atoms with E-state index in [2.05, 4.69) is 24.8 Å². The van der Waals surface area contributed by atoms with E-state index in [-0.39, 0.29) is 0 Å². The van der Waals surface area contributed by atoms with Crippen molar-refractivity contribution in [2.24, 2.45) is 7.05 Å². The minimum atomic E-state index is -0.628. The van der Waals surface area contributed by atoms with Crippen LogP contribution in [0.25, 0.3) is 33.0 Å². The molecule has 0 fully saturated rings. The highest BCUT2D eigenvalue weighted by Gasteiger charge is 2.17. The zero-order chi connectivity index (χ0) is 24.0. The number of pyridine rings is 1. The average molecular weight is 459 g/mol. The minimum absolute atomic E-state index is 0.584. The van der Waals surface area contributed by atoms with Crippen molar-refractivity contribution in [2.75, 3.05) is 18.5 Å². The Kier molecular flexibility index (Phi) is 5.12. The van der Waals surface area contributed by atoms with Crippen LogP contribution in [0.2, 0.25) is 0 Å². The van der Waals surface area contributed by atoms with Crippen LogP contribution in [0, 0.1) is 0 Å². The number of aromatic amines is 4. The van der Waals surface area contributed by atoms with Gasteiger partial charge in [-0.25, -0.2) is 4.57 Å². The first-order valence-corrected chi connectivity index (χ1v) is 10.9. The van der Waals surface area contributed by atoms with Gasteiger partial charge in [0, 0.05) is 37.0 Å². The highest BCUT2D eigenvalue weighted by atomic mass is 16.2.